The number of thiazole rings is 1. The van der Waals surface area contributed by atoms with Crippen LogP contribution in [0.15, 0.2) is 36.7 Å². The molecule has 6 rings (SSSR count). The molecule has 0 saturated heterocycles. The Labute approximate surface area is 176 Å². The predicted octanol–water partition coefficient (Wildman–Crippen LogP) is 5.35. The summed E-state index contributed by atoms with van der Waals surface area (Å²) >= 11 is 8.10. The topological polar surface area (TPSA) is 73.8 Å². The maximum Gasteiger partial charge on any atom is 0.138 e. The van der Waals surface area contributed by atoms with E-state index in [1.807, 2.05) is 6.20 Å². The van der Waals surface area contributed by atoms with Gasteiger partial charge in [0.1, 0.15) is 16.3 Å². The molecule has 4 aromatic rings. The highest BCUT2D eigenvalue weighted by atomic mass is 35.5. The maximum atomic E-state index is 10.6. The fourth-order valence-corrected chi connectivity index (χ4v) is 5.70. The summed E-state index contributed by atoms with van der Waals surface area (Å²) in [5.74, 6) is 0. The van der Waals surface area contributed by atoms with E-state index in [2.05, 4.69) is 44.5 Å². The van der Waals surface area contributed by atoms with Gasteiger partial charge in [0.15, 0.2) is 0 Å². The molecule has 0 spiro atoms. The zero-order valence-electron chi connectivity index (χ0n) is 15.6. The van der Waals surface area contributed by atoms with Crippen molar-refractivity contribution in [1.82, 2.24) is 15.0 Å². The first kappa shape index (κ1) is 17.4. The second-order valence-corrected chi connectivity index (χ2v) is 9.33. The largest absolute Gasteiger partial charge is 0.384 e. The molecule has 146 valence electrons. The smallest absolute Gasteiger partial charge is 0.138 e. The van der Waals surface area contributed by atoms with Crippen molar-refractivity contribution < 1.29 is 5.11 Å². The van der Waals surface area contributed by atoms with Crippen LogP contribution in [0.5, 0.6) is 0 Å². The van der Waals surface area contributed by atoms with Crippen molar-refractivity contribution in [2.75, 3.05) is 11.9 Å². The Morgan fingerprint density at radius 2 is 2.03 bits per heavy atom. The third-order valence-electron chi connectivity index (χ3n) is 6.07. The number of H-pyrrole nitrogens is 1. The fraction of sp³-hybridized carbons (Fsp3) is 0.273. The Balaban J connectivity index is 1.47. The molecule has 29 heavy (non-hydrogen) atoms. The lowest BCUT2D eigenvalue weighted by atomic mass is 9.81. The SMILES string of the molecule is OC1(c2ncc(-c3c(Cl)cnc4[nH]c(-c5ccc6c(c5)CCN6)cc34)s2)CCC1. The Kier molecular flexibility index (Phi) is 3.79. The van der Waals surface area contributed by atoms with Crippen LogP contribution in [0.25, 0.3) is 32.7 Å². The van der Waals surface area contributed by atoms with Crippen molar-refractivity contribution in [3.8, 4) is 21.7 Å². The summed E-state index contributed by atoms with van der Waals surface area (Å²) in [4.78, 5) is 13.4. The molecule has 7 heteroatoms. The number of nitrogens with one attached hydrogen (secondary N) is 2. The molecular weight excluding hydrogens is 404 g/mol. The van der Waals surface area contributed by atoms with Crippen LogP contribution in [0.4, 0.5) is 5.69 Å². The van der Waals surface area contributed by atoms with Gasteiger partial charge in [-0.05, 0) is 55.0 Å². The molecule has 2 aliphatic rings. The van der Waals surface area contributed by atoms with E-state index in [0.29, 0.717) is 5.02 Å². The van der Waals surface area contributed by atoms with E-state index < -0.39 is 5.60 Å². The van der Waals surface area contributed by atoms with Crippen molar-refractivity contribution in [2.24, 2.45) is 0 Å². The van der Waals surface area contributed by atoms with E-state index in [-0.39, 0.29) is 0 Å². The maximum absolute atomic E-state index is 10.6. The van der Waals surface area contributed by atoms with Crippen LogP contribution >= 0.6 is 22.9 Å². The molecule has 1 aromatic carbocycles. The fourth-order valence-electron chi connectivity index (χ4n) is 4.26. The molecule has 3 aromatic heterocycles. The van der Waals surface area contributed by atoms with Gasteiger partial charge in [-0.1, -0.05) is 17.7 Å². The van der Waals surface area contributed by atoms with Crippen molar-refractivity contribution in [2.45, 2.75) is 31.3 Å². The number of anilines is 1. The first-order valence-electron chi connectivity index (χ1n) is 9.84. The monoisotopic (exact) mass is 422 g/mol. The van der Waals surface area contributed by atoms with Crippen molar-refractivity contribution in [3.63, 3.8) is 0 Å². The van der Waals surface area contributed by atoms with Gasteiger partial charge >= 0.3 is 0 Å². The number of aromatic amines is 1. The van der Waals surface area contributed by atoms with Crippen LogP contribution < -0.4 is 5.32 Å². The first-order chi connectivity index (χ1) is 14.1. The van der Waals surface area contributed by atoms with Crippen molar-refractivity contribution in [1.29, 1.82) is 0 Å². The van der Waals surface area contributed by atoms with Gasteiger partial charge in [0.2, 0.25) is 0 Å². The lowest BCUT2D eigenvalue weighted by molar-refractivity contribution is -0.0389. The minimum atomic E-state index is -0.761. The summed E-state index contributed by atoms with van der Waals surface area (Å²) in [6.07, 6.45) is 7.16. The quantitative estimate of drug-likeness (QED) is 0.416. The van der Waals surface area contributed by atoms with Crippen LogP contribution in [0, 0.1) is 0 Å². The van der Waals surface area contributed by atoms with Gasteiger partial charge < -0.3 is 15.4 Å². The molecule has 5 nitrogen and oxygen atoms in total. The number of halogens is 1. The summed E-state index contributed by atoms with van der Waals surface area (Å²) in [5, 5.41) is 16.4. The van der Waals surface area contributed by atoms with Crippen LogP contribution in [-0.2, 0) is 12.0 Å². The second-order valence-electron chi connectivity index (χ2n) is 7.89. The first-order valence-corrected chi connectivity index (χ1v) is 11.0. The molecule has 1 aliphatic carbocycles. The molecule has 0 bridgehead atoms. The summed E-state index contributed by atoms with van der Waals surface area (Å²) in [6.45, 7) is 0.993. The lowest BCUT2D eigenvalue weighted by Crippen LogP contribution is -2.33. The summed E-state index contributed by atoms with van der Waals surface area (Å²) in [5.41, 5.74) is 5.69. The minimum Gasteiger partial charge on any atom is -0.384 e. The Morgan fingerprint density at radius 3 is 2.86 bits per heavy atom. The van der Waals surface area contributed by atoms with E-state index in [1.165, 1.54) is 22.6 Å². The summed E-state index contributed by atoms with van der Waals surface area (Å²) in [7, 11) is 0. The van der Waals surface area contributed by atoms with Gasteiger partial charge in [-0.15, -0.1) is 11.3 Å². The average Bonchev–Trinajstić information content (AvgIpc) is 3.44. The number of nitrogens with zero attached hydrogens (tertiary/aromatic N) is 2. The van der Waals surface area contributed by atoms with Gasteiger partial charge in [0.05, 0.1) is 9.90 Å². The zero-order valence-corrected chi connectivity index (χ0v) is 17.2. The molecular formula is C22H19ClN4OS. The number of hydrogen-bond donors (Lipinski definition) is 3. The van der Waals surface area contributed by atoms with E-state index >= 15 is 0 Å². The molecule has 1 fully saturated rings. The van der Waals surface area contributed by atoms with Crippen molar-refractivity contribution >= 4 is 39.7 Å². The third kappa shape index (κ3) is 2.70. The highest BCUT2D eigenvalue weighted by Gasteiger charge is 2.39. The van der Waals surface area contributed by atoms with Gasteiger partial charge in [0, 0.05) is 41.3 Å². The van der Waals surface area contributed by atoms with E-state index in [1.54, 1.807) is 6.20 Å². The number of aliphatic hydroxyl groups is 1. The van der Waals surface area contributed by atoms with Crippen LogP contribution in [0.1, 0.15) is 29.8 Å². The number of aromatic nitrogens is 3. The number of pyridine rings is 1. The highest BCUT2D eigenvalue weighted by Crippen LogP contribution is 2.46. The molecule has 0 radical (unpaired) electrons. The second kappa shape index (κ2) is 6.29. The third-order valence-corrected chi connectivity index (χ3v) is 7.56. The lowest BCUT2D eigenvalue weighted by Gasteiger charge is -2.34. The molecule has 0 amide bonds. The molecule has 1 saturated carbocycles. The van der Waals surface area contributed by atoms with E-state index in [9.17, 15) is 5.11 Å². The van der Waals surface area contributed by atoms with Crippen LogP contribution in [0.2, 0.25) is 5.02 Å². The van der Waals surface area contributed by atoms with Gasteiger partial charge in [0.25, 0.3) is 0 Å². The summed E-state index contributed by atoms with van der Waals surface area (Å²) in [6, 6.07) is 8.61. The number of rotatable bonds is 3. The van der Waals surface area contributed by atoms with Crippen LogP contribution in [-0.4, -0.2) is 26.6 Å². The standard InChI is InChI=1S/C22H19ClN4OS/c23-15-10-25-20-14(19(15)18-11-26-21(29-18)22(28)5-1-6-22)9-17(27-20)12-2-3-16-13(8-12)4-7-24-16/h2-3,8-11,24,28H,1,4-7H2,(H,25,27). The van der Waals surface area contributed by atoms with Gasteiger partial charge in [-0.2, -0.15) is 0 Å². The Hall–Kier alpha value is -2.41. The highest BCUT2D eigenvalue weighted by molar-refractivity contribution is 7.15. The molecule has 1 aliphatic heterocycles. The molecule has 3 N–H and O–H groups in total. The average molecular weight is 423 g/mol. The Bertz CT molecular complexity index is 1260. The van der Waals surface area contributed by atoms with E-state index in [4.69, 9.17) is 11.6 Å². The molecule has 0 unspecified atom stereocenters. The summed E-state index contributed by atoms with van der Waals surface area (Å²) < 4.78 is 0. The van der Waals surface area contributed by atoms with E-state index in [0.717, 1.165) is 70.0 Å². The number of hydrogen-bond acceptors (Lipinski definition) is 5. The predicted molar refractivity (Wildman–Crippen MR) is 118 cm³/mol. The number of benzene rings is 1. The molecule has 0 atom stereocenters. The zero-order chi connectivity index (χ0) is 19.6. The van der Waals surface area contributed by atoms with Crippen molar-refractivity contribution in [3.05, 3.63) is 52.3 Å². The normalized spacial score (nSPS) is 17.2. The Morgan fingerprint density at radius 1 is 1.14 bits per heavy atom. The molecule has 4 heterocycles. The van der Waals surface area contributed by atoms with Gasteiger partial charge in [-0.25, -0.2) is 9.97 Å². The number of fused-ring (bicyclic) bond motifs is 2. The van der Waals surface area contributed by atoms with Crippen LogP contribution in [0.3, 0.4) is 0 Å². The minimum absolute atomic E-state index is 0.594. The van der Waals surface area contributed by atoms with Gasteiger partial charge in [-0.3, -0.25) is 0 Å².